The Morgan fingerprint density at radius 1 is 1.58 bits per heavy atom. The van der Waals surface area contributed by atoms with E-state index in [9.17, 15) is 0 Å². The Hall–Kier alpha value is -1.78. The maximum atomic E-state index is 5.76. The van der Waals surface area contributed by atoms with Crippen LogP contribution in [0.1, 0.15) is 32.3 Å². The van der Waals surface area contributed by atoms with Gasteiger partial charge in [-0.3, -0.25) is 0 Å². The Morgan fingerprint density at radius 2 is 2.37 bits per heavy atom. The summed E-state index contributed by atoms with van der Waals surface area (Å²) >= 11 is 0. The number of nitrogens with one attached hydrogen (secondary N) is 1. The summed E-state index contributed by atoms with van der Waals surface area (Å²) in [7, 11) is 0. The highest BCUT2D eigenvalue weighted by atomic mass is 16.5. The number of aromatic nitrogens is 1. The van der Waals surface area contributed by atoms with Crippen LogP contribution in [0.3, 0.4) is 0 Å². The van der Waals surface area contributed by atoms with E-state index >= 15 is 0 Å². The number of rotatable bonds is 6. The van der Waals surface area contributed by atoms with Gasteiger partial charge in [0.25, 0.3) is 0 Å². The van der Waals surface area contributed by atoms with Crippen molar-refractivity contribution < 1.29 is 4.74 Å². The summed E-state index contributed by atoms with van der Waals surface area (Å²) < 4.78 is 5.64. The summed E-state index contributed by atoms with van der Waals surface area (Å²) in [4.78, 5) is 8.48. The fraction of sp³-hybridized carbons (Fsp3) is 0.571. The van der Waals surface area contributed by atoms with Crippen LogP contribution in [-0.2, 0) is 6.54 Å². The monoisotopic (exact) mass is 262 g/mol. The first-order valence-electron chi connectivity index (χ1n) is 6.77. The maximum Gasteiger partial charge on any atom is 0.213 e. The van der Waals surface area contributed by atoms with Gasteiger partial charge in [-0.2, -0.15) is 0 Å². The molecular formula is C14H22N4O. The van der Waals surface area contributed by atoms with Crippen LogP contribution >= 0.6 is 0 Å². The van der Waals surface area contributed by atoms with E-state index in [-0.39, 0.29) is 0 Å². The van der Waals surface area contributed by atoms with E-state index in [0.717, 1.165) is 18.1 Å². The van der Waals surface area contributed by atoms with Crippen LogP contribution < -0.4 is 15.8 Å². The van der Waals surface area contributed by atoms with Crippen molar-refractivity contribution in [1.82, 2.24) is 10.3 Å². The number of hydrogen-bond acceptors (Lipinski definition) is 3. The number of ether oxygens (including phenoxy) is 1. The Labute approximate surface area is 114 Å². The Balaban J connectivity index is 1.86. The van der Waals surface area contributed by atoms with E-state index in [1.807, 2.05) is 26.0 Å². The van der Waals surface area contributed by atoms with E-state index < -0.39 is 0 Å². The van der Waals surface area contributed by atoms with E-state index in [4.69, 9.17) is 10.5 Å². The highest BCUT2D eigenvalue weighted by molar-refractivity contribution is 5.78. The van der Waals surface area contributed by atoms with Gasteiger partial charge in [-0.05, 0) is 44.2 Å². The van der Waals surface area contributed by atoms with Crippen molar-refractivity contribution in [1.29, 1.82) is 0 Å². The number of hydrogen-bond donors (Lipinski definition) is 2. The van der Waals surface area contributed by atoms with Gasteiger partial charge in [0.1, 0.15) is 0 Å². The van der Waals surface area contributed by atoms with Crippen molar-refractivity contribution in [3.05, 3.63) is 23.9 Å². The standard InChI is InChI=1S/C14H22N4O/c1-10(2)18-14(15)17-8-12-5-6-16-13(7-12)19-9-11-3-4-11/h5-7,10-11H,3-4,8-9H2,1-2H3,(H3,15,17,18). The minimum Gasteiger partial charge on any atom is -0.477 e. The van der Waals surface area contributed by atoms with Crippen LogP contribution in [0.2, 0.25) is 0 Å². The molecule has 1 aliphatic rings. The molecule has 1 saturated carbocycles. The first-order chi connectivity index (χ1) is 9.13. The first-order valence-corrected chi connectivity index (χ1v) is 6.77. The molecule has 19 heavy (non-hydrogen) atoms. The van der Waals surface area contributed by atoms with Gasteiger partial charge in [-0.1, -0.05) is 0 Å². The van der Waals surface area contributed by atoms with Gasteiger partial charge in [0.15, 0.2) is 5.96 Å². The number of nitrogens with zero attached hydrogens (tertiary/aromatic N) is 2. The van der Waals surface area contributed by atoms with Crippen molar-refractivity contribution >= 4 is 5.96 Å². The summed E-state index contributed by atoms with van der Waals surface area (Å²) in [6.45, 7) is 5.36. The fourth-order valence-corrected chi connectivity index (χ4v) is 1.63. The summed E-state index contributed by atoms with van der Waals surface area (Å²) in [6, 6.07) is 4.14. The van der Waals surface area contributed by atoms with E-state index in [1.165, 1.54) is 12.8 Å². The van der Waals surface area contributed by atoms with Gasteiger partial charge in [0.2, 0.25) is 5.88 Å². The molecule has 1 aliphatic carbocycles. The Kier molecular flexibility index (Phi) is 4.60. The third-order valence-electron chi connectivity index (χ3n) is 2.83. The lowest BCUT2D eigenvalue weighted by Gasteiger charge is -2.09. The molecule has 0 atom stereocenters. The summed E-state index contributed by atoms with van der Waals surface area (Å²) in [5.41, 5.74) is 6.81. The van der Waals surface area contributed by atoms with Crippen LogP contribution in [0, 0.1) is 5.92 Å². The average Bonchev–Trinajstić information content (AvgIpc) is 3.18. The predicted octanol–water partition coefficient (Wildman–Crippen LogP) is 1.68. The zero-order chi connectivity index (χ0) is 13.7. The van der Waals surface area contributed by atoms with Crippen LogP contribution in [0.25, 0.3) is 0 Å². The second kappa shape index (κ2) is 6.41. The minimum absolute atomic E-state index is 0.290. The number of nitrogens with two attached hydrogens (primary N) is 1. The van der Waals surface area contributed by atoms with E-state index in [0.29, 0.717) is 24.4 Å². The van der Waals surface area contributed by atoms with Crippen LogP contribution in [-0.4, -0.2) is 23.6 Å². The van der Waals surface area contributed by atoms with Gasteiger partial charge in [0.05, 0.1) is 13.2 Å². The SMILES string of the molecule is CC(C)NC(N)=NCc1ccnc(OCC2CC2)c1. The van der Waals surface area contributed by atoms with Crippen LogP contribution in [0.4, 0.5) is 0 Å². The van der Waals surface area contributed by atoms with Crippen molar-refractivity contribution in [3.8, 4) is 5.88 Å². The number of pyridine rings is 1. The van der Waals surface area contributed by atoms with Crippen LogP contribution in [0.5, 0.6) is 5.88 Å². The molecule has 0 radical (unpaired) electrons. The second-order valence-electron chi connectivity index (χ2n) is 5.26. The molecule has 3 N–H and O–H groups in total. The van der Waals surface area contributed by atoms with Crippen molar-refractivity contribution in [2.75, 3.05) is 6.61 Å². The van der Waals surface area contributed by atoms with Gasteiger partial charge in [-0.15, -0.1) is 0 Å². The molecule has 5 nitrogen and oxygen atoms in total. The molecule has 0 saturated heterocycles. The largest absolute Gasteiger partial charge is 0.477 e. The predicted molar refractivity (Wildman–Crippen MR) is 76.1 cm³/mol. The molecule has 2 rings (SSSR count). The zero-order valence-electron chi connectivity index (χ0n) is 11.6. The van der Waals surface area contributed by atoms with Gasteiger partial charge >= 0.3 is 0 Å². The molecule has 0 amide bonds. The quantitative estimate of drug-likeness (QED) is 0.604. The van der Waals surface area contributed by atoms with Gasteiger partial charge in [0, 0.05) is 18.3 Å². The molecule has 1 aromatic heterocycles. The third-order valence-corrected chi connectivity index (χ3v) is 2.83. The molecule has 1 aromatic rings. The second-order valence-corrected chi connectivity index (χ2v) is 5.26. The van der Waals surface area contributed by atoms with Gasteiger partial charge in [-0.25, -0.2) is 9.98 Å². The topological polar surface area (TPSA) is 72.5 Å². The Morgan fingerprint density at radius 3 is 3.05 bits per heavy atom. The van der Waals surface area contributed by atoms with E-state index in [2.05, 4.69) is 15.3 Å². The van der Waals surface area contributed by atoms with Crippen molar-refractivity contribution in [2.45, 2.75) is 39.3 Å². The lowest BCUT2D eigenvalue weighted by Crippen LogP contribution is -2.36. The normalized spacial score (nSPS) is 15.6. The van der Waals surface area contributed by atoms with Gasteiger partial charge < -0.3 is 15.8 Å². The molecule has 1 heterocycles. The molecule has 0 bridgehead atoms. The number of guanidine groups is 1. The summed E-state index contributed by atoms with van der Waals surface area (Å²) in [6.07, 6.45) is 4.31. The molecule has 0 aromatic carbocycles. The summed E-state index contributed by atoms with van der Waals surface area (Å²) in [5.74, 6) is 1.87. The van der Waals surface area contributed by atoms with E-state index in [1.54, 1.807) is 6.20 Å². The fourth-order valence-electron chi connectivity index (χ4n) is 1.63. The highest BCUT2D eigenvalue weighted by Crippen LogP contribution is 2.29. The lowest BCUT2D eigenvalue weighted by molar-refractivity contribution is 0.288. The summed E-state index contributed by atoms with van der Waals surface area (Å²) in [5, 5.41) is 3.06. The molecule has 0 aliphatic heterocycles. The van der Waals surface area contributed by atoms with Crippen LogP contribution in [0.15, 0.2) is 23.3 Å². The van der Waals surface area contributed by atoms with Crippen molar-refractivity contribution in [3.63, 3.8) is 0 Å². The molecule has 1 fully saturated rings. The molecular weight excluding hydrogens is 240 g/mol. The zero-order valence-corrected chi connectivity index (χ0v) is 11.6. The third kappa shape index (κ3) is 5.16. The molecule has 104 valence electrons. The highest BCUT2D eigenvalue weighted by Gasteiger charge is 2.22. The maximum absolute atomic E-state index is 5.76. The average molecular weight is 262 g/mol. The molecule has 5 heteroatoms. The van der Waals surface area contributed by atoms with Crippen molar-refractivity contribution in [2.24, 2.45) is 16.6 Å². The Bertz CT molecular complexity index is 441. The number of aliphatic imine (C=N–C) groups is 1. The lowest BCUT2D eigenvalue weighted by atomic mass is 10.3. The molecule has 0 spiro atoms. The molecule has 0 unspecified atom stereocenters. The first kappa shape index (κ1) is 13.6. The minimum atomic E-state index is 0.290. The smallest absolute Gasteiger partial charge is 0.213 e.